The molecule has 2 aliphatic heterocycles. The van der Waals surface area contributed by atoms with Crippen LogP contribution in [0.15, 0.2) is 24.3 Å². The molecule has 8 atom stereocenters. The highest BCUT2D eigenvalue weighted by molar-refractivity contribution is 8.00. The van der Waals surface area contributed by atoms with Gasteiger partial charge in [-0.2, -0.15) is 11.8 Å². The van der Waals surface area contributed by atoms with Gasteiger partial charge in [0.1, 0.15) is 23.9 Å². The molecule has 2 fully saturated rings. The van der Waals surface area contributed by atoms with Crippen molar-refractivity contribution in [1.29, 1.82) is 0 Å². The van der Waals surface area contributed by atoms with E-state index in [0.717, 1.165) is 25.0 Å². The van der Waals surface area contributed by atoms with Crippen molar-refractivity contribution in [3.63, 3.8) is 0 Å². The van der Waals surface area contributed by atoms with Gasteiger partial charge in [-0.1, -0.05) is 52.7 Å². The number of primary amides is 1. The number of hydrogen-bond donors (Lipinski definition) is 12. The largest absolute Gasteiger partial charge is 0.508 e. The van der Waals surface area contributed by atoms with Crippen LogP contribution in [0.1, 0.15) is 97.5 Å². The van der Waals surface area contributed by atoms with E-state index >= 15 is 0 Å². The van der Waals surface area contributed by atoms with Crippen molar-refractivity contribution in [3.05, 3.63) is 29.8 Å². The molecule has 2 unspecified atom stereocenters. The minimum absolute atomic E-state index is 0.0129. The highest BCUT2D eigenvalue weighted by Gasteiger charge is 2.42. The molecule has 10 amide bonds. The Morgan fingerprint density at radius 3 is 2.14 bits per heavy atom. The van der Waals surface area contributed by atoms with Crippen LogP contribution >= 0.6 is 11.8 Å². The van der Waals surface area contributed by atoms with E-state index in [4.69, 9.17) is 10.9 Å². The van der Waals surface area contributed by atoms with Crippen LogP contribution in [-0.2, 0) is 44.8 Å². The first kappa shape index (κ1) is 53.7. The lowest BCUT2D eigenvalue weighted by molar-refractivity contribution is -0.138. The van der Waals surface area contributed by atoms with E-state index in [9.17, 15) is 48.3 Å². The van der Waals surface area contributed by atoms with Crippen molar-refractivity contribution in [2.75, 3.05) is 25.4 Å². The van der Waals surface area contributed by atoms with E-state index in [-0.39, 0.29) is 67.3 Å². The van der Waals surface area contributed by atoms with Gasteiger partial charge in [-0.15, -0.1) is 0 Å². The van der Waals surface area contributed by atoms with Crippen molar-refractivity contribution < 1.29 is 53.5 Å². The van der Waals surface area contributed by atoms with Gasteiger partial charge in [0.25, 0.3) is 0 Å². The summed E-state index contributed by atoms with van der Waals surface area (Å²) in [5.74, 6) is -5.55. The van der Waals surface area contributed by atoms with E-state index in [2.05, 4.69) is 42.5 Å². The fourth-order valence-electron chi connectivity index (χ4n) is 7.54. The minimum Gasteiger partial charge on any atom is -0.508 e. The SMILES string of the molecule is CCC(C)C(CC(=O)NO)C(=O)N[C@@H](Cc1ccc(O)cc1)C(=O)N[C@@H](CC(C)C)C(=O)NCC(=O)NCC(=O)N[C@@H](CCCCNC(=O)CCCC[C@@H]1SC[C@@H]2NC(=O)N[C@@H]21)C(N)=O. The van der Waals surface area contributed by atoms with Gasteiger partial charge in [0, 0.05) is 42.7 Å². The summed E-state index contributed by atoms with van der Waals surface area (Å²) in [7, 11) is 0. The van der Waals surface area contributed by atoms with Gasteiger partial charge in [-0.3, -0.25) is 43.6 Å². The predicted octanol–water partition coefficient (Wildman–Crippen LogP) is -0.277. The Hall–Kier alpha value is -5.64. The van der Waals surface area contributed by atoms with Crippen molar-refractivity contribution >= 4 is 65.1 Å². The molecule has 2 saturated heterocycles. The second-order valence-corrected chi connectivity index (χ2v) is 18.4. The van der Waals surface area contributed by atoms with Gasteiger partial charge in [-0.25, -0.2) is 10.3 Å². The second kappa shape index (κ2) is 27.6. The average Bonchev–Trinajstić information content (AvgIpc) is 3.83. The van der Waals surface area contributed by atoms with Gasteiger partial charge in [0.2, 0.25) is 47.3 Å². The molecule has 0 spiro atoms. The number of nitrogens with two attached hydrogens (primary N) is 1. The number of fused-ring (bicyclic) bond motifs is 1. The summed E-state index contributed by atoms with van der Waals surface area (Å²) in [6.45, 7) is 6.52. The molecule has 1 aromatic rings. The van der Waals surface area contributed by atoms with Crippen LogP contribution in [-0.4, -0.2) is 124 Å². The van der Waals surface area contributed by atoms with E-state index in [1.807, 2.05) is 32.5 Å². The number of urea groups is 1. The van der Waals surface area contributed by atoms with Crippen LogP contribution in [0.5, 0.6) is 5.75 Å². The minimum atomic E-state index is -1.23. The predicted molar refractivity (Wildman–Crippen MR) is 241 cm³/mol. The number of aromatic hydroxyl groups is 1. The molecular weight excluding hydrogens is 865 g/mol. The van der Waals surface area contributed by atoms with Gasteiger partial charge >= 0.3 is 6.03 Å². The zero-order valence-electron chi connectivity index (χ0n) is 37.7. The molecule has 1 aromatic carbocycles. The normalized spacial score (nSPS) is 18.6. The van der Waals surface area contributed by atoms with Crippen LogP contribution < -0.4 is 53.7 Å². The summed E-state index contributed by atoms with van der Waals surface area (Å²) in [6, 6.07) is 2.74. The zero-order chi connectivity index (χ0) is 48.1. The number of thioether (sulfide) groups is 1. The topological polar surface area (TPSA) is 328 Å². The van der Waals surface area contributed by atoms with Crippen LogP contribution in [0.25, 0.3) is 0 Å². The number of amides is 10. The summed E-state index contributed by atoms with van der Waals surface area (Å²) < 4.78 is 0. The Morgan fingerprint density at radius 1 is 0.785 bits per heavy atom. The Bertz CT molecular complexity index is 1800. The molecule has 0 radical (unpaired) electrons. The van der Waals surface area contributed by atoms with Crippen LogP contribution in [0.2, 0.25) is 0 Å². The Kier molecular flexibility index (Phi) is 22.8. The van der Waals surface area contributed by atoms with Gasteiger partial charge in [0.15, 0.2) is 0 Å². The molecule has 0 bridgehead atoms. The molecule has 0 aromatic heterocycles. The van der Waals surface area contributed by atoms with Crippen LogP contribution in [0.4, 0.5) is 4.79 Å². The lowest BCUT2D eigenvalue weighted by Crippen LogP contribution is -2.56. The number of rotatable bonds is 29. The summed E-state index contributed by atoms with van der Waals surface area (Å²) in [6.07, 6.45) is 4.37. The first-order valence-electron chi connectivity index (χ1n) is 22.3. The quantitative estimate of drug-likeness (QED) is 0.0214. The maximum absolute atomic E-state index is 13.8. The number of carbonyl (C=O) groups excluding carboxylic acids is 9. The molecule has 22 heteroatoms. The number of unbranched alkanes of at least 4 members (excludes halogenated alkanes) is 2. The lowest BCUT2D eigenvalue weighted by atomic mass is 9.87. The summed E-state index contributed by atoms with van der Waals surface area (Å²) in [4.78, 5) is 114. The molecule has 21 nitrogen and oxygen atoms in total. The number of hydrogen-bond acceptors (Lipinski definition) is 12. The Labute approximate surface area is 383 Å². The maximum Gasteiger partial charge on any atom is 0.315 e. The maximum atomic E-state index is 13.8. The Morgan fingerprint density at radius 2 is 1.48 bits per heavy atom. The second-order valence-electron chi connectivity index (χ2n) is 17.1. The van der Waals surface area contributed by atoms with Crippen LogP contribution in [0, 0.1) is 17.8 Å². The summed E-state index contributed by atoms with van der Waals surface area (Å²) in [5.41, 5.74) is 7.60. The summed E-state index contributed by atoms with van der Waals surface area (Å²) >= 11 is 1.83. The lowest BCUT2D eigenvalue weighted by Gasteiger charge is -2.27. The third-order valence-electron chi connectivity index (χ3n) is 11.4. The number of carbonyl (C=O) groups is 9. The van der Waals surface area contributed by atoms with E-state index in [1.54, 1.807) is 19.1 Å². The number of phenols is 1. The molecule has 0 saturated carbocycles. The van der Waals surface area contributed by atoms with E-state index in [0.29, 0.717) is 43.0 Å². The standard InChI is InChI=1S/C43H68N10O11S/c1-5-25(4)28(20-35(56)53-64)40(60)49-31(19-26-13-15-27(54)16-14-26)42(62)50-30(18-24(2)3)41(61)47-21-36(57)46-22-37(58)48-29(39(44)59)10-8-9-17-45-34(55)12-7-6-11-33-38-32(23-65-33)51-43(63)52-38/h13-16,24-25,28-33,38,54,64H,5-12,17-23H2,1-4H3,(H2,44,59)(H,45,55)(H,46,57)(H,47,61)(H,48,58)(H,49,60)(H,50,62)(H,53,56)(H2,51,52,63)/t25?,28?,29-,30-,31-,32-,33-,38-/m0/s1. The van der Waals surface area contributed by atoms with Crippen molar-refractivity contribution in [2.24, 2.45) is 23.5 Å². The highest BCUT2D eigenvalue weighted by Crippen LogP contribution is 2.33. The van der Waals surface area contributed by atoms with E-state index in [1.165, 1.54) is 17.6 Å². The molecule has 362 valence electrons. The molecule has 0 aliphatic carbocycles. The average molecular weight is 933 g/mol. The monoisotopic (exact) mass is 932 g/mol. The van der Waals surface area contributed by atoms with Crippen molar-refractivity contribution in [3.8, 4) is 5.75 Å². The number of phenolic OH excluding ortho intramolecular Hbond substituents is 1. The number of nitrogens with one attached hydrogen (secondary N) is 9. The molecule has 3 rings (SSSR count). The smallest absolute Gasteiger partial charge is 0.315 e. The molecule has 65 heavy (non-hydrogen) atoms. The Balaban J connectivity index is 1.43. The molecule has 2 aliphatic rings. The van der Waals surface area contributed by atoms with Gasteiger partial charge in [-0.05, 0) is 68.1 Å². The fourth-order valence-corrected chi connectivity index (χ4v) is 9.08. The third kappa shape index (κ3) is 19.2. The highest BCUT2D eigenvalue weighted by atomic mass is 32.2. The van der Waals surface area contributed by atoms with Gasteiger partial charge in [0.05, 0.1) is 25.2 Å². The molecule has 2 heterocycles. The third-order valence-corrected chi connectivity index (χ3v) is 12.9. The fraction of sp³-hybridized carbons (Fsp3) is 0.651. The number of benzene rings is 1. The number of hydroxylamine groups is 1. The van der Waals surface area contributed by atoms with Crippen LogP contribution in [0.3, 0.4) is 0 Å². The van der Waals surface area contributed by atoms with E-state index < -0.39 is 78.5 Å². The molecular formula is C43H68N10O11S. The van der Waals surface area contributed by atoms with Crippen molar-refractivity contribution in [1.82, 2.24) is 48.0 Å². The summed E-state index contributed by atoms with van der Waals surface area (Å²) in [5, 5.41) is 40.6. The first-order valence-corrected chi connectivity index (χ1v) is 23.3. The first-order chi connectivity index (χ1) is 30.9. The zero-order valence-corrected chi connectivity index (χ0v) is 38.5. The molecule has 13 N–H and O–H groups in total. The van der Waals surface area contributed by atoms with Crippen molar-refractivity contribution in [2.45, 2.75) is 134 Å². The van der Waals surface area contributed by atoms with Gasteiger partial charge < -0.3 is 53.4 Å².